The predicted molar refractivity (Wildman–Crippen MR) is 110 cm³/mol. The van der Waals surface area contributed by atoms with Crippen LogP contribution in [0.25, 0.3) is 5.69 Å². The second kappa shape index (κ2) is 6.23. The van der Waals surface area contributed by atoms with Crippen molar-refractivity contribution in [1.82, 2.24) is 9.78 Å². The number of hydrogen-bond acceptors (Lipinski definition) is 3. The average molecular weight is 403 g/mol. The number of halogens is 1. The third-order valence-corrected chi connectivity index (χ3v) is 5.83. The minimum atomic E-state index is -1.16. The zero-order chi connectivity index (χ0) is 20.2. The van der Waals surface area contributed by atoms with Crippen molar-refractivity contribution in [2.45, 2.75) is 11.8 Å². The molecular weight excluding hydrogens is 388 g/mol. The van der Waals surface area contributed by atoms with Crippen molar-refractivity contribution < 1.29 is 9.59 Å². The summed E-state index contributed by atoms with van der Waals surface area (Å²) in [4.78, 5) is 28.0. The quantitative estimate of drug-likeness (QED) is 0.670. The molecule has 0 saturated carbocycles. The molecule has 2 aromatic carbocycles. The van der Waals surface area contributed by atoms with Crippen LogP contribution in [0.3, 0.4) is 0 Å². The van der Waals surface area contributed by atoms with Gasteiger partial charge in [0.25, 0.3) is 0 Å². The smallest absolute Gasteiger partial charge is 0.243 e. The predicted octanol–water partition coefficient (Wildman–Crippen LogP) is 3.13. The lowest BCUT2D eigenvalue weighted by Crippen LogP contribution is -2.46. The van der Waals surface area contributed by atoms with Crippen LogP contribution in [-0.2, 0) is 15.0 Å². The maximum absolute atomic E-state index is 13.6. The van der Waals surface area contributed by atoms with Crippen LogP contribution in [0.1, 0.15) is 17.5 Å². The zero-order valence-corrected chi connectivity index (χ0v) is 16.0. The van der Waals surface area contributed by atoms with Crippen molar-refractivity contribution in [2.75, 3.05) is 16.8 Å². The molecular formula is C22H15ClN4O2. The van der Waals surface area contributed by atoms with Gasteiger partial charge in [0.1, 0.15) is 11.2 Å². The summed E-state index contributed by atoms with van der Waals surface area (Å²) in [6, 6.07) is 14.6. The van der Waals surface area contributed by atoms with Crippen LogP contribution in [0.15, 0.2) is 54.7 Å². The molecule has 1 unspecified atom stereocenters. The van der Waals surface area contributed by atoms with Crippen LogP contribution in [0.5, 0.6) is 0 Å². The monoisotopic (exact) mass is 402 g/mol. The number of hydrogen-bond donors (Lipinski definition) is 1. The van der Waals surface area contributed by atoms with Gasteiger partial charge in [-0.15, -0.1) is 6.42 Å². The number of nitrogens with one attached hydrogen (secondary N) is 1. The number of anilines is 2. The van der Waals surface area contributed by atoms with E-state index >= 15 is 0 Å². The highest BCUT2D eigenvalue weighted by Gasteiger charge is 2.57. The van der Waals surface area contributed by atoms with Gasteiger partial charge in [-0.25, -0.2) is 4.68 Å². The number of rotatable bonds is 2. The van der Waals surface area contributed by atoms with E-state index < -0.39 is 5.41 Å². The van der Waals surface area contributed by atoms with Crippen LogP contribution in [-0.4, -0.2) is 28.1 Å². The first-order valence-corrected chi connectivity index (χ1v) is 9.44. The Morgan fingerprint density at radius 1 is 1.10 bits per heavy atom. The number of aromatic nitrogens is 2. The lowest BCUT2D eigenvalue weighted by Gasteiger charge is -2.32. The van der Waals surface area contributed by atoms with E-state index in [1.54, 1.807) is 27.9 Å². The summed E-state index contributed by atoms with van der Waals surface area (Å²) in [5.74, 6) is 2.50. The molecule has 0 bridgehead atoms. The Balaban J connectivity index is 1.78. The minimum absolute atomic E-state index is 0.00880. The summed E-state index contributed by atoms with van der Waals surface area (Å²) in [6.45, 7) is 0.132. The van der Waals surface area contributed by atoms with Gasteiger partial charge in [0.2, 0.25) is 11.8 Å². The molecule has 3 aromatic rings. The van der Waals surface area contributed by atoms with E-state index in [0.29, 0.717) is 22.1 Å². The van der Waals surface area contributed by atoms with Crippen molar-refractivity contribution in [3.05, 3.63) is 70.9 Å². The fourth-order valence-electron chi connectivity index (χ4n) is 4.30. The largest absolute Gasteiger partial charge is 0.310 e. The summed E-state index contributed by atoms with van der Waals surface area (Å²) in [6.07, 6.45) is 7.13. The van der Waals surface area contributed by atoms with Crippen LogP contribution in [0, 0.1) is 12.3 Å². The van der Waals surface area contributed by atoms with Gasteiger partial charge in [-0.2, -0.15) is 5.10 Å². The van der Waals surface area contributed by atoms with Crippen molar-refractivity contribution in [3.8, 4) is 18.0 Å². The van der Waals surface area contributed by atoms with E-state index in [4.69, 9.17) is 18.0 Å². The summed E-state index contributed by atoms with van der Waals surface area (Å²) < 4.78 is 1.57. The van der Waals surface area contributed by atoms with Gasteiger partial charge in [0.15, 0.2) is 0 Å². The van der Waals surface area contributed by atoms with Crippen LogP contribution < -0.4 is 10.2 Å². The van der Waals surface area contributed by atoms with Crippen molar-refractivity contribution in [3.63, 3.8) is 0 Å². The highest BCUT2D eigenvalue weighted by molar-refractivity contribution is 6.32. The van der Waals surface area contributed by atoms with Crippen molar-refractivity contribution >= 4 is 34.9 Å². The van der Waals surface area contributed by atoms with E-state index in [0.717, 1.165) is 11.3 Å². The number of fused-ring (bicyclic) bond motifs is 4. The highest BCUT2D eigenvalue weighted by Crippen LogP contribution is 2.52. The summed E-state index contributed by atoms with van der Waals surface area (Å²) >= 11 is 6.35. The van der Waals surface area contributed by atoms with Gasteiger partial charge >= 0.3 is 0 Å². The van der Waals surface area contributed by atoms with E-state index in [1.165, 1.54) is 0 Å². The summed E-state index contributed by atoms with van der Waals surface area (Å²) in [5.41, 5.74) is 1.57. The van der Waals surface area contributed by atoms with Gasteiger partial charge in [-0.05, 0) is 23.8 Å². The molecule has 3 heterocycles. The number of benzene rings is 2. The average Bonchev–Trinajstić information content (AvgIpc) is 3.23. The fraction of sp³-hybridized carbons (Fsp3) is 0.136. The molecule has 1 spiro atoms. The standard InChI is InChI=1S/C22H15ClN4O2/c1-2-11-26-17-9-5-3-7-14(17)22(21(26)29)12-19(28)25-20-15(22)13-24-27(20)18-10-6-4-8-16(18)23/h1,3-10,13H,11-12H2,(H,25,28). The zero-order valence-electron chi connectivity index (χ0n) is 15.2. The Morgan fingerprint density at radius 2 is 1.83 bits per heavy atom. The molecule has 2 aliphatic heterocycles. The first-order valence-electron chi connectivity index (χ1n) is 9.06. The molecule has 0 aliphatic carbocycles. The molecule has 142 valence electrons. The third-order valence-electron chi connectivity index (χ3n) is 5.51. The molecule has 29 heavy (non-hydrogen) atoms. The molecule has 5 rings (SSSR count). The molecule has 0 saturated heterocycles. The molecule has 2 amide bonds. The van der Waals surface area contributed by atoms with Crippen LogP contribution in [0.2, 0.25) is 5.02 Å². The van der Waals surface area contributed by atoms with Gasteiger partial charge in [0, 0.05) is 17.7 Å². The first-order chi connectivity index (χ1) is 14.1. The van der Waals surface area contributed by atoms with Crippen molar-refractivity contribution in [2.24, 2.45) is 0 Å². The van der Waals surface area contributed by atoms with Gasteiger partial charge in [0.05, 0.1) is 23.5 Å². The van der Waals surface area contributed by atoms with Crippen LogP contribution in [0.4, 0.5) is 11.5 Å². The number of para-hydroxylation sites is 2. The van der Waals surface area contributed by atoms with Gasteiger partial charge in [-0.1, -0.05) is 47.9 Å². The van der Waals surface area contributed by atoms with E-state index in [1.807, 2.05) is 36.4 Å². The normalized spacial score (nSPS) is 19.7. The molecule has 1 atom stereocenters. The second-order valence-corrected chi connectivity index (χ2v) is 7.42. The Kier molecular flexibility index (Phi) is 3.76. The molecule has 0 fully saturated rings. The van der Waals surface area contributed by atoms with E-state index in [2.05, 4.69) is 16.3 Å². The number of terminal acetylenes is 1. The lowest BCUT2D eigenvalue weighted by molar-refractivity contribution is -0.126. The Morgan fingerprint density at radius 3 is 2.59 bits per heavy atom. The Bertz CT molecular complexity index is 1230. The topological polar surface area (TPSA) is 67.2 Å². The van der Waals surface area contributed by atoms with Gasteiger partial charge < -0.3 is 5.32 Å². The molecule has 1 N–H and O–H groups in total. The Hall–Kier alpha value is -3.56. The number of amides is 2. The maximum atomic E-state index is 13.6. The Labute approximate surface area is 172 Å². The second-order valence-electron chi connectivity index (χ2n) is 7.01. The van der Waals surface area contributed by atoms with Crippen molar-refractivity contribution in [1.29, 1.82) is 0 Å². The van der Waals surface area contributed by atoms with Gasteiger partial charge in [-0.3, -0.25) is 14.5 Å². The first kappa shape index (κ1) is 17.5. The molecule has 6 nitrogen and oxygen atoms in total. The number of nitrogens with zero attached hydrogens (tertiary/aromatic N) is 3. The van der Waals surface area contributed by atoms with E-state index in [9.17, 15) is 9.59 Å². The summed E-state index contributed by atoms with van der Waals surface area (Å²) in [5, 5.41) is 7.83. The lowest BCUT2D eigenvalue weighted by atomic mass is 9.72. The summed E-state index contributed by atoms with van der Waals surface area (Å²) in [7, 11) is 0. The fourth-order valence-corrected chi connectivity index (χ4v) is 4.52. The van der Waals surface area contributed by atoms with Crippen LogP contribution >= 0.6 is 11.6 Å². The highest BCUT2D eigenvalue weighted by atomic mass is 35.5. The van der Waals surface area contributed by atoms with E-state index in [-0.39, 0.29) is 24.8 Å². The number of carbonyl (C=O) groups excluding carboxylic acids is 2. The molecule has 7 heteroatoms. The molecule has 2 aliphatic rings. The molecule has 0 radical (unpaired) electrons. The maximum Gasteiger partial charge on any atom is 0.243 e. The molecule has 1 aromatic heterocycles. The minimum Gasteiger partial charge on any atom is -0.310 e. The number of carbonyl (C=O) groups is 2. The SMILES string of the molecule is C#CCN1C(=O)C2(CC(=O)Nc3c2cnn3-c2ccccc2Cl)c2ccccc21. The third kappa shape index (κ3) is 2.28.